The summed E-state index contributed by atoms with van der Waals surface area (Å²) in [6.07, 6.45) is 1.71. The molecule has 0 saturated carbocycles. The molecule has 3 N–H and O–H groups in total. The maximum absolute atomic E-state index is 12.7. The molecule has 0 bridgehead atoms. The first-order chi connectivity index (χ1) is 13.5. The van der Waals surface area contributed by atoms with E-state index in [0.717, 1.165) is 11.3 Å². The minimum atomic E-state index is -0.972. The Morgan fingerprint density at radius 2 is 1.76 bits per heavy atom. The first-order valence-corrected chi connectivity index (χ1v) is 9.29. The minimum Gasteiger partial charge on any atom is -0.493 e. The molecule has 1 atom stereocenters. The zero-order valence-corrected chi connectivity index (χ0v) is 16.7. The van der Waals surface area contributed by atoms with Gasteiger partial charge in [-0.25, -0.2) is 0 Å². The summed E-state index contributed by atoms with van der Waals surface area (Å²) in [7, 11) is 0. The molecule has 2 aliphatic heterocycles. The van der Waals surface area contributed by atoms with Crippen molar-refractivity contribution in [1.29, 1.82) is 0 Å². The average molecular weight is 426 g/mol. The summed E-state index contributed by atoms with van der Waals surface area (Å²) in [6, 6.07) is 3.68. The van der Waals surface area contributed by atoms with Crippen LogP contribution in [0.2, 0.25) is 0 Å². The van der Waals surface area contributed by atoms with E-state index < -0.39 is 29.7 Å². The van der Waals surface area contributed by atoms with Gasteiger partial charge in [0.05, 0.1) is 17.7 Å². The Bertz CT molecular complexity index is 800. The molecule has 0 aromatic heterocycles. The molecular weight excluding hydrogens is 402 g/mol. The number of halogens is 1. The van der Waals surface area contributed by atoms with E-state index in [0.29, 0.717) is 38.5 Å². The Labute approximate surface area is 174 Å². The van der Waals surface area contributed by atoms with Crippen LogP contribution in [0.1, 0.15) is 46.4 Å². The maximum Gasteiger partial charge on any atom is 0.262 e. The van der Waals surface area contributed by atoms with Crippen LogP contribution < -0.4 is 15.8 Å². The number of hydrogen-bond donors (Lipinski definition) is 2. The van der Waals surface area contributed by atoms with Gasteiger partial charge in [0.15, 0.2) is 0 Å². The fraction of sp³-hybridized carbons (Fsp3) is 0.474. The van der Waals surface area contributed by atoms with Gasteiger partial charge in [0.1, 0.15) is 11.8 Å². The molecule has 1 unspecified atom stereocenters. The Hall–Kier alpha value is -2.49. The second-order valence-electron chi connectivity index (χ2n) is 6.61. The minimum absolute atomic E-state index is 0. The van der Waals surface area contributed by atoms with Gasteiger partial charge in [-0.15, -0.1) is 12.4 Å². The lowest BCUT2D eigenvalue weighted by Gasteiger charge is -2.27. The van der Waals surface area contributed by atoms with E-state index in [1.54, 1.807) is 6.07 Å². The molecule has 0 spiro atoms. The predicted octanol–water partition coefficient (Wildman–Crippen LogP) is 0.644. The van der Waals surface area contributed by atoms with Crippen molar-refractivity contribution >= 4 is 36.0 Å². The van der Waals surface area contributed by atoms with E-state index in [2.05, 4.69) is 5.32 Å². The second kappa shape index (κ2) is 10.3. The smallest absolute Gasteiger partial charge is 0.262 e. The third kappa shape index (κ3) is 5.11. The number of fused-ring (bicyclic) bond motifs is 1. The number of hydrogen-bond acceptors (Lipinski definition) is 7. The van der Waals surface area contributed by atoms with E-state index in [1.807, 2.05) is 0 Å². The lowest BCUT2D eigenvalue weighted by atomic mass is 10.0. The summed E-state index contributed by atoms with van der Waals surface area (Å²) in [5, 5.41) is 2.17. The highest BCUT2D eigenvalue weighted by Gasteiger charge is 2.44. The van der Waals surface area contributed by atoms with Crippen LogP contribution in [0.5, 0.6) is 5.75 Å². The van der Waals surface area contributed by atoms with Gasteiger partial charge >= 0.3 is 0 Å². The fourth-order valence-corrected chi connectivity index (χ4v) is 3.18. The molecule has 2 aliphatic rings. The number of nitrogens with two attached hydrogens (primary N) is 1. The van der Waals surface area contributed by atoms with Gasteiger partial charge in [-0.3, -0.25) is 29.4 Å². The monoisotopic (exact) mass is 425 g/mol. The molecule has 1 aromatic rings. The SMILES string of the molecule is Cl.NCCCOCCCOc1ccc2c(c1)C(=O)N(C1CCC(=O)NC1=O)C2=O. The van der Waals surface area contributed by atoms with Crippen molar-refractivity contribution in [3.05, 3.63) is 29.3 Å². The van der Waals surface area contributed by atoms with Crippen molar-refractivity contribution in [2.45, 2.75) is 31.7 Å². The first-order valence-electron chi connectivity index (χ1n) is 9.29. The highest BCUT2D eigenvalue weighted by Crippen LogP contribution is 2.30. The van der Waals surface area contributed by atoms with Crippen molar-refractivity contribution in [2.75, 3.05) is 26.4 Å². The summed E-state index contributed by atoms with van der Waals surface area (Å²) in [6.45, 7) is 2.16. The van der Waals surface area contributed by atoms with Crippen LogP contribution in [0, 0.1) is 0 Å². The molecule has 1 aromatic carbocycles. The molecule has 3 rings (SSSR count). The van der Waals surface area contributed by atoms with Gasteiger partial charge < -0.3 is 15.2 Å². The third-order valence-electron chi connectivity index (χ3n) is 4.61. The number of ether oxygens (including phenoxy) is 2. The number of amides is 4. The summed E-state index contributed by atoms with van der Waals surface area (Å²) >= 11 is 0. The van der Waals surface area contributed by atoms with Crippen LogP contribution in [0.4, 0.5) is 0 Å². The van der Waals surface area contributed by atoms with E-state index in [1.165, 1.54) is 12.1 Å². The average Bonchev–Trinajstić information content (AvgIpc) is 2.92. The predicted molar refractivity (Wildman–Crippen MR) is 105 cm³/mol. The Morgan fingerprint density at radius 3 is 2.48 bits per heavy atom. The van der Waals surface area contributed by atoms with E-state index in [4.69, 9.17) is 15.2 Å². The normalized spacial score (nSPS) is 18.4. The van der Waals surface area contributed by atoms with Crippen LogP contribution in [0.25, 0.3) is 0 Å². The summed E-state index contributed by atoms with van der Waals surface area (Å²) in [4.78, 5) is 49.6. The highest BCUT2D eigenvalue weighted by molar-refractivity contribution is 6.23. The molecule has 4 amide bonds. The summed E-state index contributed by atoms with van der Waals surface area (Å²) in [5.41, 5.74) is 5.81. The molecule has 10 heteroatoms. The van der Waals surface area contributed by atoms with Crippen molar-refractivity contribution in [2.24, 2.45) is 5.73 Å². The number of carbonyl (C=O) groups excluding carboxylic acids is 4. The van der Waals surface area contributed by atoms with Crippen LogP contribution >= 0.6 is 12.4 Å². The number of imide groups is 2. The van der Waals surface area contributed by atoms with Crippen molar-refractivity contribution in [3.63, 3.8) is 0 Å². The highest BCUT2D eigenvalue weighted by atomic mass is 35.5. The zero-order chi connectivity index (χ0) is 20.1. The first kappa shape index (κ1) is 22.8. The van der Waals surface area contributed by atoms with Crippen LogP contribution in [-0.2, 0) is 14.3 Å². The van der Waals surface area contributed by atoms with Gasteiger partial charge in [-0.1, -0.05) is 0 Å². The van der Waals surface area contributed by atoms with Crippen molar-refractivity contribution < 1.29 is 28.7 Å². The molecule has 1 fully saturated rings. The van der Waals surface area contributed by atoms with Gasteiger partial charge in [0.25, 0.3) is 11.8 Å². The fourth-order valence-electron chi connectivity index (χ4n) is 3.18. The number of nitrogens with zero attached hydrogens (tertiary/aromatic N) is 1. The van der Waals surface area contributed by atoms with Crippen molar-refractivity contribution in [1.82, 2.24) is 10.2 Å². The standard InChI is InChI=1S/C19H23N3O6.ClH/c20-7-1-8-27-9-2-10-28-12-3-4-13-14(11-12)19(26)22(18(13)25)15-5-6-16(23)21-17(15)24;/h3-4,11,15H,1-2,5-10,20H2,(H,21,23,24);1H. The van der Waals surface area contributed by atoms with E-state index >= 15 is 0 Å². The van der Waals surface area contributed by atoms with Gasteiger partial charge in [-0.2, -0.15) is 0 Å². The lowest BCUT2D eigenvalue weighted by molar-refractivity contribution is -0.136. The third-order valence-corrected chi connectivity index (χ3v) is 4.61. The number of carbonyl (C=O) groups is 4. The van der Waals surface area contributed by atoms with E-state index in [9.17, 15) is 19.2 Å². The summed E-state index contributed by atoms with van der Waals surface area (Å²) < 4.78 is 11.0. The topological polar surface area (TPSA) is 128 Å². The van der Waals surface area contributed by atoms with Crippen LogP contribution in [-0.4, -0.2) is 60.9 Å². The number of nitrogens with one attached hydrogen (secondary N) is 1. The molecule has 9 nitrogen and oxygen atoms in total. The Morgan fingerprint density at radius 1 is 1.03 bits per heavy atom. The summed E-state index contributed by atoms with van der Waals surface area (Å²) in [5.74, 6) is -1.65. The van der Waals surface area contributed by atoms with Crippen molar-refractivity contribution in [3.8, 4) is 5.75 Å². The quantitative estimate of drug-likeness (QED) is 0.439. The van der Waals surface area contributed by atoms with Gasteiger partial charge in [0.2, 0.25) is 11.8 Å². The van der Waals surface area contributed by atoms with E-state index in [-0.39, 0.29) is 36.4 Å². The zero-order valence-electron chi connectivity index (χ0n) is 15.8. The molecule has 158 valence electrons. The number of benzene rings is 1. The van der Waals surface area contributed by atoms with Crippen LogP contribution in [0.15, 0.2) is 18.2 Å². The van der Waals surface area contributed by atoms with Gasteiger partial charge in [-0.05, 0) is 37.6 Å². The Balaban J connectivity index is 0.00000300. The van der Waals surface area contributed by atoms with Gasteiger partial charge in [0, 0.05) is 26.1 Å². The lowest BCUT2D eigenvalue weighted by Crippen LogP contribution is -2.54. The second-order valence-corrected chi connectivity index (χ2v) is 6.61. The molecule has 29 heavy (non-hydrogen) atoms. The molecule has 2 heterocycles. The molecule has 0 radical (unpaired) electrons. The molecule has 1 saturated heterocycles. The maximum atomic E-state index is 12.7. The number of piperidine rings is 1. The molecular formula is C19H24ClN3O6. The molecule has 0 aliphatic carbocycles. The number of rotatable bonds is 9. The van der Waals surface area contributed by atoms with Crippen LogP contribution in [0.3, 0.4) is 0 Å². The Kier molecular flexibility index (Phi) is 8.12. The largest absolute Gasteiger partial charge is 0.493 e.